The van der Waals surface area contributed by atoms with Crippen molar-refractivity contribution in [2.75, 3.05) is 32.5 Å². The van der Waals surface area contributed by atoms with Crippen LogP contribution in [-0.2, 0) is 21.4 Å². The van der Waals surface area contributed by atoms with Gasteiger partial charge in [0.05, 0.1) is 17.4 Å². The smallest absolute Gasteiger partial charge is 0.253 e. The number of anilines is 1. The van der Waals surface area contributed by atoms with Crippen molar-refractivity contribution in [2.24, 2.45) is 11.7 Å². The highest BCUT2D eigenvalue weighted by Crippen LogP contribution is 2.26. The molecule has 3 aromatic rings. The van der Waals surface area contributed by atoms with Gasteiger partial charge >= 0.3 is 0 Å². The second-order valence-electron chi connectivity index (χ2n) is 8.63. The summed E-state index contributed by atoms with van der Waals surface area (Å²) in [5, 5.41) is 4.14. The Bertz CT molecular complexity index is 1300. The number of para-hydroxylation sites is 1. The number of nitrogens with zero attached hydrogens (tertiary/aromatic N) is 2. The number of carbonyl (C=O) groups excluding carboxylic acids is 2. The van der Waals surface area contributed by atoms with Crippen molar-refractivity contribution in [3.63, 3.8) is 0 Å². The van der Waals surface area contributed by atoms with Crippen LogP contribution in [0.15, 0.2) is 57.8 Å². The summed E-state index contributed by atoms with van der Waals surface area (Å²) < 4.78 is 32.6. The molecule has 0 aliphatic carbocycles. The third kappa shape index (κ3) is 4.92. The lowest BCUT2D eigenvalue weighted by molar-refractivity contribution is -0.123. The molecule has 9 nitrogen and oxygen atoms in total. The van der Waals surface area contributed by atoms with Gasteiger partial charge in [0.25, 0.3) is 5.91 Å². The summed E-state index contributed by atoms with van der Waals surface area (Å²) in [6.45, 7) is 1.01. The minimum atomic E-state index is -3.79. The molecule has 1 fully saturated rings. The van der Waals surface area contributed by atoms with Gasteiger partial charge in [-0.15, -0.1) is 0 Å². The molecule has 2 aromatic carbocycles. The van der Waals surface area contributed by atoms with Crippen LogP contribution in [0.4, 0.5) is 5.69 Å². The Balaban J connectivity index is 1.63. The number of sulfonamides is 1. The lowest BCUT2D eigenvalue weighted by Gasteiger charge is -2.31. The van der Waals surface area contributed by atoms with Crippen LogP contribution in [0.2, 0.25) is 0 Å². The molecule has 4 rings (SSSR count). The third-order valence-corrected chi connectivity index (χ3v) is 7.78. The molecule has 0 radical (unpaired) electrons. The van der Waals surface area contributed by atoms with Crippen molar-refractivity contribution < 1.29 is 22.4 Å². The Morgan fingerprint density at radius 1 is 1.18 bits per heavy atom. The molecule has 1 aromatic heterocycles. The second-order valence-corrected chi connectivity index (χ2v) is 10.8. The monoisotopic (exact) mass is 484 g/mol. The fourth-order valence-electron chi connectivity index (χ4n) is 4.07. The maximum absolute atomic E-state index is 13.3. The Hall–Kier alpha value is -3.37. The summed E-state index contributed by atoms with van der Waals surface area (Å²) >= 11 is 0. The zero-order valence-corrected chi connectivity index (χ0v) is 20.0. The summed E-state index contributed by atoms with van der Waals surface area (Å²) in [4.78, 5) is 26.5. The quantitative estimate of drug-likeness (QED) is 0.531. The van der Waals surface area contributed by atoms with E-state index in [2.05, 4.69) is 5.32 Å². The number of hydrogen-bond acceptors (Lipinski definition) is 6. The predicted octanol–water partition coefficient (Wildman–Crippen LogP) is 2.63. The molecule has 3 N–H and O–H groups in total. The zero-order valence-electron chi connectivity index (χ0n) is 19.2. The predicted molar refractivity (Wildman–Crippen MR) is 129 cm³/mol. The lowest BCUT2D eigenvalue weighted by atomic mass is 9.97. The van der Waals surface area contributed by atoms with Gasteiger partial charge in [-0.1, -0.05) is 18.2 Å². The van der Waals surface area contributed by atoms with E-state index in [1.165, 1.54) is 26.2 Å². The maximum Gasteiger partial charge on any atom is 0.253 e. The highest BCUT2D eigenvalue weighted by atomic mass is 32.2. The molecule has 0 spiro atoms. The number of likely N-dealkylation sites (tertiary alicyclic amines) is 1. The number of fused-ring (bicyclic) bond motifs is 1. The number of primary amides is 1. The number of carbonyl (C=O) groups is 2. The van der Waals surface area contributed by atoms with Gasteiger partial charge in [-0.05, 0) is 43.2 Å². The standard InChI is InChI=1S/C24H28N4O5S/c1-27(2)34(31,32)21-12-18(24(30)28-9-5-7-17(15-28)23(25)29)10-19(13-21)26-14-20-11-16-6-3-4-8-22(16)33-20/h3-4,6,8,10-13,17,26H,5,7,9,14-15H2,1-2H3,(H2,25,29). The van der Waals surface area contributed by atoms with Crippen LogP contribution in [0.25, 0.3) is 11.0 Å². The van der Waals surface area contributed by atoms with Crippen molar-refractivity contribution >= 4 is 38.5 Å². The number of furan rings is 1. The number of nitrogens with two attached hydrogens (primary N) is 1. The van der Waals surface area contributed by atoms with E-state index in [1.54, 1.807) is 11.0 Å². The highest BCUT2D eigenvalue weighted by molar-refractivity contribution is 7.89. The summed E-state index contributed by atoms with van der Waals surface area (Å²) in [5.74, 6) is -0.504. The summed E-state index contributed by atoms with van der Waals surface area (Å²) in [6.07, 6.45) is 1.30. The Morgan fingerprint density at radius 2 is 1.94 bits per heavy atom. The molecule has 34 heavy (non-hydrogen) atoms. The fourth-order valence-corrected chi connectivity index (χ4v) is 5.05. The van der Waals surface area contributed by atoms with Crippen LogP contribution in [0.5, 0.6) is 0 Å². The number of hydrogen-bond donors (Lipinski definition) is 2. The van der Waals surface area contributed by atoms with E-state index in [1.807, 2.05) is 30.3 Å². The third-order valence-electron chi connectivity index (χ3n) is 5.99. The first kappa shape index (κ1) is 23.8. The molecule has 0 bridgehead atoms. The fraction of sp³-hybridized carbons (Fsp3) is 0.333. The van der Waals surface area contributed by atoms with Gasteiger partial charge in [-0.25, -0.2) is 12.7 Å². The number of nitrogens with one attached hydrogen (secondary N) is 1. The molecule has 1 aliphatic heterocycles. The van der Waals surface area contributed by atoms with E-state index in [-0.39, 0.29) is 22.9 Å². The average molecular weight is 485 g/mol. The van der Waals surface area contributed by atoms with Gasteiger partial charge in [-0.2, -0.15) is 0 Å². The number of amides is 2. The summed E-state index contributed by atoms with van der Waals surface area (Å²) in [7, 11) is -0.913. The molecule has 180 valence electrons. The van der Waals surface area contributed by atoms with Gasteiger partial charge in [0.2, 0.25) is 15.9 Å². The topological polar surface area (TPSA) is 126 Å². The summed E-state index contributed by atoms with van der Waals surface area (Å²) in [5.41, 5.74) is 6.90. The van der Waals surface area contributed by atoms with Gasteiger partial charge in [-0.3, -0.25) is 9.59 Å². The maximum atomic E-state index is 13.3. The zero-order chi connectivity index (χ0) is 24.5. The van der Waals surface area contributed by atoms with Crippen LogP contribution >= 0.6 is 0 Å². The normalized spacial score (nSPS) is 16.7. The molecular weight excluding hydrogens is 456 g/mol. The molecule has 1 unspecified atom stereocenters. The van der Waals surface area contributed by atoms with E-state index < -0.39 is 21.8 Å². The van der Waals surface area contributed by atoms with E-state index in [0.29, 0.717) is 37.4 Å². The van der Waals surface area contributed by atoms with Gasteiger partial charge in [0.15, 0.2) is 0 Å². The molecule has 2 amide bonds. The van der Waals surface area contributed by atoms with Crippen molar-refractivity contribution in [1.29, 1.82) is 0 Å². The van der Waals surface area contributed by atoms with E-state index in [9.17, 15) is 18.0 Å². The SMILES string of the molecule is CN(C)S(=O)(=O)c1cc(NCc2cc3ccccc3o2)cc(C(=O)N2CCCC(C(N)=O)C2)c1. The summed E-state index contributed by atoms with van der Waals surface area (Å²) in [6, 6.07) is 14.0. The molecule has 1 aliphatic rings. The first-order valence-electron chi connectivity index (χ1n) is 11.0. The van der Waals surface area contributed by atoms with Gasteiger partial charge in [0.1, 0.15) is 11.3 Å². The lowest BCUT2D eigenvalue weighted by Crippen LogP contribution is -2.44. The Labute approximate surface area is 198 Å². The average Bonchev–Trinajstić information content (AvgIpc) is 3.25. The van der Waals surface area contributed by atoms with Crippen molar-refractivity contribution in [3.8, 4) is 0 Å². The van der Waals surface area contributed by atoms with Crippen LogP contribution in [0.3, 0.4) is 0 Å². The first-order valence-corrected chi connectivity index (χ1v) is 12.5. The largest absolute Gasteiger partial charge is 0.459 e. The van der Waals surface area contributed by atoms with Gasteiger partial charge < -0.3 is 20.4 Å². The minimum absolute atomic E-state index is 0.00100. The van der Waals surface area contributed by atoms with Crippen molar-refractivity contribution in [2.45, 2.75) is 24.3 Å². The Morgan fingerprint density at radius 3 is 2.65 bits per heavy atom. The molecule has 10 heteroatoms. The van der Waals surface area contributed by atoms with Crippen LogP contribution in [0, 0.1) is 5.92 Å². The van der Waals surface area contributed by atoms with Crippen molar-refractivity contribution in [1.82, 2.24) is 9.21 Å². The number of piperidine rings is 1. The highest BCUT2D eigenvalue weighted by Gasteiger charge is 2.29. The molecule has 1 atom stereocenters. The minimum Gasteiger partial charge on any atom is -0.459 e. The van der Waals surface area contributed by atoms with Crippen LogP contribution in [-0.4, -0.2) is 56.6 Å². The number of benzene rings is 2. The molecule has 0 saturated carbocycles. The Kier molecular flexibility index (Phi) is 6.63. The van der Waals surface area contributed by atoms with E-state index in [0.717, 1.165) is 15.3 Å². The molecule has 2 heterocycles. The first-order chi connectivity index (χ1) is 16.1. The van der Waals surface area contributed by atoms with E-state index >= 15 is 0 Å². The van der Waals surface area contributed by atoms with Gasteiger partial charge in [0, 0.05) is 43.8 Å². The van der Waals surface area contributed by atoms with Crippen LogP contribution in [0.1, 0.15) is 29.0 Å². The number of rotatable bonds is 7. The second kappa shape index (κ2) is 9.47. The van der Waals surface area contributed by atoms with E-state index in [4.69, 9.17) is 10.2 Å². The molecular formula is C24H28N4O5S. The molecule has 1 saturated heterocycles. The van der Waals surface area contributed by atoms with Crippen LogP contribution < -0.4 is 11.1 Å². The van der Waals surface area contributed by atoms with Crippen molar-refractivity contribution in [3.05, 3.63) is 59.9 Å².